The molecule has 0 unspecified atom stereocenters. The molecule has 0 saturated heterocycles. The molecule has 1 aromatic heterocycles. The van der Waals surface area contributed by atoms with Gasteiger partial charge >= 0.3 is 0 Å². The predicted octanol–water partition coefficient (Wildman–Crippen LogP) is 3.67. The van der Waals surface area contributed by atoms with Crippen molar-refractivity contribution in [1.82, 2.24) is 20.1 Å². The molecule has 0 bridgehead atoms. The van der Waals surface area contributed by atoms with E-state index < -0.39 is 0 Å². The number of nitrogens with one attached hydrogen (secondary N) is 1. The normalized spacial score (nSPS) is 12.0. The smallest absolute Gasteiger partial charge is 0.230 e. The summed E-state index contributed by atoms with van der Waals surface area (Å²) in [7, 11) is 0. The van der Waals surface area contributed by atoms with Crippen molar-refractivity contribution in [3.63, 3.8) is 0 Å². The Morgan fingerprint density at radius 3 is 2.76 bits per heavy atom. The zero-order chi connectivity index (χ0) is 18.2. The zero-order valence-corrected chi connectivity index (χ0v) is 15.4. The summed E-state index contributed by atoms with van der Waals surface area (Å²) < 4.78 is 15.0. The Morgan fingerprint density at radius 1 is 1.40 bits per heavy atom. The number of benzene rings is 1. The second-order valence-electron chi connectivity index (χ2n) is 5.76. The van der Waals surface area contributed by atoms with Crippen molar-refractivity contribution < 1.29 is 9.18 Å². The minimum atomic E-state index is -0.300. The van der Waals surface area contributed by atoms with Crippen LogP contribution in [0.1, 0.15) is 26.7 Å². The van der Waals surface area contributed by atoms with Crippen molar-refractivity contribution in [1.29, 1.82) is 0 Å². The van der Waals surface area contributed by atoms with E-state index in [1.807, 2.05) is 11.5 Å². The molecule has 0 fully saturated rings. The van der Waals surface area contributed by atoms with Crippen LogP contribution in [0.4, 0.5) is 4.39 Å². The second kappa shape index (κ2) is 9.36. The van der Waals surface area contributed by atoms with Gasteiger partial charge in [-0.2, -0.15) is 0 Å². The number of amides is 1. The van der Waals surface area contributed by atoms with Gasteiger partial charge in [-0.15, -0.1) is 16.8 Å². The van der Waals surface area contributed by atoms with E-state index in [1.165, 1.54) is 23.9 Å². The highest BCUT2D eigenvalue weighted by molar-refractivity contribution is 7.99. The van der Waals surface area contributed by atoms with Gasteiger partial charge < -0.3 is 5.32 Å². The monoisotopic (exact) mass is 362 g/mol. The van der Waals surface area contributed by atoms with Crippen LogP contribution in [0.5, 0.6) is 0 Å². The van der Waals surface area contributed by atoms with Gasteiger partial charge in [0.15, 0.2) is 11.0 Å². The van der Waals surface area contributed by atoms with Crippen molar-refractivity contribution in [2.24, 2.45) is 0 Å². The number of rotatable bonds is 9. The molecule has 1 heterocycles. The molecular weight excluding hydrogens is 339 g/mol. The second-order valence-corrected chi connectivity index (χ2v) is 6.70. The summed E-state index contributed by atoms with van der Waals surface area (Å²) in [4.78, 5) is 12.0. The lowest BCUT2D eigenvalue weighted by Crippen LogP contribution is -2.33. The number of nitrogens with zero attached hydrogens (tertiary/aromatic N) is 3. The first kappa shape index (κ1) is 19.2. The van der Waals surface area contributed by atoms with Crippen LogP contribution in [-0.2, 0) is 11.3 Å². The first-order valence-electron chi connectivity index (χ1n) is 8.27. The Kier molecular flexibility index (Phi) is 7.18. The molecule has 2 aromatic rings. The Labute approximate surface area is 151 Å². The van der Waals surface area contributed by atoms with E-state index in [1.54, 1.807) is 18.2 Å². The lowest BCUT2D eigenvalue weighted by Gasteiger charge is -2.12. The molecule has 1 N–H and O–H groups in total. The number of thioether (sulfide) groups is 1. The summed E-state index contributed by atoms with van der Waals surface area (Å²) in [6, 6.07) is 6.26. The van der Waals surface area contributed by atoms with Crippen LogP contribution in [0.25, 0.3) is 11.4 Å². The van der Waals surface area contributed by atoms with Crippen LogP contribution in [0.15, 0.2) is 42.1 Å². The maximum Gasteiger partial charge on any atom is 0.230 e. The van der Waals surface area contributed by atoms with Crippen molar-refractivity contribution in [2.45, 2.75) is 44.4 Å². The van der Waals surface area contributed by atoms with E-state index in [0.29, 0.717) is 17.5 Å². The third-order valence-corrected chi connectivity index (χ3v) is 4.56. The number of halogens is 1. The van der Waals surface area contributed by atoms with Gasteiger partial charge in [-0.1, -0.05) is 31.2 Å². The molecule has 2 rings (SSSR count). The Balaban J connectivity index is 2.09. The molecule has 134 valence electrons. The fourth-order valence-corrected chi connectivity index (χ4v) is 3.21. The van der Waals surface area contributed by atoms with E-state index in [-0.39, 0.29) is 23.5 Å². The van der Waals surface area contributed by atoms with Gasteiger partial charge in [0.1, 0.15) is 5.82 Å². The van der Waals surface area contributed by atoms with Crippen molar-refractivity contribution in [3.05, 3.63) is 42.7 Å². The summed E-state index contributed by atoms with van der Waals surface area (Å²) in [6.07, 6.45) is 3.73. The molecule has 0 radical (unpaired) electrons. The highest BCUT2D eigenvalue weighted by atomic mass is 32.2. The molecule has 1 amide bonds. The van der Waals surface area contributed by atoms with Crippen molar-refractivity contribution in [2.75, 3.05) is 5.75 Å². The van der Waals surface area contributed by atoms with E-state index in [9.17, 15) is 9.18 Å². The molecule has 0 aliphatic rings. The van der Waals surface area contributed by atoms with Crippen LogP contribution in [0.2, 0.25) is 0 Å². The number of allylic oxidation sites excluding steroid dienone is 1. The standard InChI is InChI=1S/C18H23FN4OS/c1-4-6-13(3)20-16(24)12-25-18-22-21-17(23(18)11-5-2)14-7-9-15(19)10-8-14/h5,7-10,13H,2,4,6,11-12H2,1,3H3,(H,20,24)/t13-/m1/s1. The summed E-state index contributed by atoms with van der Waals surface area (Å²) in [6.45, 7) is 8.35. The van der Waals surface area contributed by atoms with Crippen LogP contribution in [0.3, 0.4) is 0 Å². The van der Waals surface area contributed by atoms with E-state index in [4.69, 9.17) is 0 Å². The zero-order valence-electron chi connectivity index (χ0n) is 14.5. The predicted molar refractivity (Wildman–Crippen MR) is 98.8 cm³/mol. The van der Waals surface area contributed by atoms with Gasteiger partial charge in [0, 0.05) is 18.2 Å². The molecule has 1 aromatic carbocycles. The number of hydrogen-bond acceptors (Lipinski definition) is 4. The average molecular weight is 362 g/mol. The SMILES string of the molecule is C=CCn1c(SCC(=O)N[C@H](C)CCC)nnc1-c1ccc(F)cc1. The third-order valence-electron chi connectivity index (χ3n) is 3.59. The Hall–Kier alpha value is -2.15. The van der Waals surface area contributed by atoms with Gasteiger partial charge in [0.2, 0.25) is 5.91 Å². The summed E-state index contributed by atoms with van der Waals surface area (Å²) in [5.41, 5.74) is 0.767. The van der Waals surface area contributed by atoms with E-state index in [0.717, 1.165) is 18.4 Å². The highest BCUT2D eigenvalue weighted by Crippen LogP contribution is 2.24. The largest absolute Gasteiger partial charge is 0.353 e. The number of carbonyl (C=O) groups is 1. The van der Waals surface area contributed by atoms with Crippen LogP contribution >= 0.6 is 11.8 Å². The lowest BCUT2D eigenvalue weighted by atomic mass is 10.2. The minimum absolute atomic E-state index is 0.0255. The maximum atomic E-state index is 13.1. The molecular formula is C18H23FN4OS. The summed E-state index contributed by atoms with van der Waals surface area (Å²) >= 11 is 1.33. The van der Waals surface area contributed by atoms with Crippen LogP contribution in [-0.4, -0.2) is 32.5 Å². The van der Waals surface area contributed by atoms with Crippen molar-refractivity contribution in [3.8, 4) is 11.4 Å². The fraction of sp³-hybridized carbons (Fsp3) is 0.389. The van der Waals surface area contributed by atoms with E-state index >= 15 is 0 Å². The quantitative estimate of drug-likeness (QED) is 0.546. The Morgan fingerprint density at radius 2 is 2.12 bits per heavy atom. The van der Waals surface area contributed by atoms with Gasteiger partial charge in [0.05, 0.1) is 5.75 Å². The Bertz CT molecular complexity index is 714. The van der Waals surface area contributed by atoms with Gasteiger partial charge in [-0.05, 0) is 37.6 Å². The third kappa shape index (κ3) is 5.42. The number of aromatic nitrogens is 3. The molecule has 0 aliphatic carbocycles. The van der Waals surface area contributed by atoms with Gasteiger partial charge in [-0.3, -0.25) is 9.36 Å². The average Bonchev–Trinajstić information content (AvgIpc) is 2.97. The molecule has 5 nitrogen and oxygen atoms in total. The van der Waals surface area contributed by atoms with E-state index in [2.05, 4.69) is 29.0 Å². The lowest BCUT2D eigenvalue weighted by molar-refractivity contribution is -0.119. The fourth-order valence-electron chi connectivity index (χ4n) is 2.45. The molecule has 1 atom stereocenters. The maximum absolute atomic E-state index is 13.1. The van der Waals surface area contributed by atoms with Gasteiger partial charge in [-0.25, -0.2) is 4.39 Å². The number of hydrogen-bond donors (Lipinski definition) is 1. The van der Waals surface area contributed by atoms with Crippen molar-refractivity contribution >= 4 is 17.7 Å². The molecule has 25 heavy (non-hydrogen) atoms. The molecule has 0 spiro atoms. The molecule has 7 heteroatoms. The molecule has 0 saturated carbocycles. The van der Waals surface area contributed by atoms with Crippen LogP contribution < -0.4 is 5.32 Å². The molecule has 0 aliphatic heterocycles. The van der Waals surface area contributed by atoms with Crippen LogP contribution in [0, 0.1) is 5.82 Å². The number of carbonyl (C=O) groups excluding carboxylic acids is 1. The summed E-state index contributed by atoms with van der Waals surface area (Å²) in [5.74, 6) is 0.572. The van der Waals surface area contributed by atoms with Gasteiger partial charge in [0.25, 0.3) is 0 Å². The topological polar surface area (TPSA) is 59.8 Å². The first-order chi connectivity index (χ1) is 12.0. The summed E-state index contributed by atoms with van der Waals surface area (Å²) in [5, 5.41) is 12.0. The minimum Gasteiger partial charge on any atom is -0.353 e. The first-order valence-corrected chi connectivity index (χ1v) is 9.25. The highest BCUT2D eigenvalue weighted by Gasteiger charge is 2.15.